The molecule has 0 amide bonds. The van der Waals surface area contributed by atoms with Gasteiger partial charge in [0.25, 0.3) is 0 Å². The van der Waals surface area contributed by atoms with Crippen molar-refractivity contribution >= 4 is 0 Å². The summed E-state index contributed by atoms with van der Waals surface area (Å²) in [6.45, 7) is 0. The van der Waals surface area contributed by atoms with Gasteiger partial charge >= 0.3 is 6.18 Å². The Labute approximate surface area is 71.1 Å². The van der Waals surface area contributed by atoms with Crippen molar-refractivity contribution in [3.8, 4) is 0 Å². The fourth-order valence-electron chi connectivity index (χ4n) is 1.34. The van der Waals surface area contributed by atoms with E-state index in [9.17, 15) is 13.2 Å². The predicted molar refractivity (Wildman–Crippen MR) is 41.9 cm³/mol. The lowest BCUT2D eigenvalue weighted by atomic mass is 10.1. The summed E-state index contributed by atoms with van der Waals surface area (Å²) >= 11 is 0. The van der Waals surface area contributed by atoms with Gasteiger partial charge in [0.2, 0.25) is 0 Å². The fraction of sp³-hybridized carbons (Fsp3) is 1.00. The third-order valence-electron chi connectivity index (χ3n) is 2.27. The van der Waals surface area contributed by atoms with Crippen molar-refractivity contribution in [2.24, 2.45) is 5.92 Å². The molecule has 12 heavy (non-hydrogen) atoms. The number of unbranched alkanes of at least 4 members (excludes halogenated alkanes) is 2. The van der Waals surface area contributed by atoms with Crippen LogP contribution in [0.5, 0.6) is 0 Å². The van der Waals surface area contributed by atoms with Gasteiger partial charge in [-0.25, -0.2) is 0 Å². The summed E-state index contributed by atoms with van der Waals surface area (Å²) < 4.78 is 35.0. The van der Waals surface area contributed by atoms with E-state index >= 15 is 0 Å². The van der Waals surface area contributed by atoms with E-state index in [4.69, 9.17) is 0 Å². The van der Waals surface area contributed by atoms with Gasteiger partial charge in [0, 0.05) is 6.42 Å². The van der Waals surface area contributed by atoms with Crippen molar-refractivity contribution in [2.45, 2.75) is 51.1 Å². The highest BCUT2D eigenvalue weighted by atomic mass is 19.4. The molecular weight excluding hydrogens is 165 g/mol. The van der Waals surface area contributed by atoms with Crippen LogP contribution in [0.3, 0.4) is 0 Å². The molecule has 0 spiro atoms. The quantitative estimate of drug-likeness (QED) is 0.563. The summed E-state index contributed by atoms with van der Waals surface area (Å²) in [4.78, 5) is 0. The summed E-state index contributed by atoms with van der Waals surface area (Å²) in [5.41, 5.74) is 0. The van der Waals surface area contributed by atoms with Crippen LogP contribution in [0, 0.1) is 5.92 Å². The molecular formula is C9H15F3. The summed E-state index contributed by atoms with van der Waals surface area (Å²) in [6.07, 6.45) is 1.26. The normalized spacial score (nSPS) is 18.2. The molecule has 1 aliphatic carbocycles. The first kappa shape index (κ1) is 9.87. The van der Waals surface area contributed by atoms with E-state index in [0.29, 0.717) is 6.42 Å². The second-order valence-corrected chi connectivity index (χ2v) is 3.66. The van der Waals surface area contributed by atoms with Crippen LogP contribution in [0.2, 0.25) is 0 Å². The van der Waals surface area contributed by atoms with Crippen molar-refractivity contribution in [3.05, 3.63) is 0 Å². The van der Waals surface area contributed by atoms with Gasteiger partial charge < -0.3 is 0 Å². The molecule has 0 N–H and O–H groups in total. The van der Waals surface area contributed by atoms with Crippen LogP contribution in [0.15, 0.2) is 0 Å². The molecule has 0 heterocycles. The molecule has 72 valence electrons. The first-order valence-corrected chi connectivity index (χ1v) is 4.65. The number of hydrogen-bond acceptors (Lipinski definition) is 0. The lowest BCUT2D eigenvalue weighted by Crippen LogP contribution is -2.06. The van der Waals surface area contributed by atoms with E-state index in [2.05, 4.69) is 0 Å². The molecule has 0 aromatic heterocycles. The smallest absolute Gasteiger partial charge is 0.171 e. The third kappa shape index (κ3) is 5.44. The summed E-state index contributed by atoms with van der Waals surface area (Å²) in [7, 11) is 0. The van der Waals surface area contributed by atoms with Crippen LogP contribution in [-0.4, -0.2) is 6.18 Å². The lowest BCUT2D eigenvalue weighted by Gasteiger charge is -2.04. The number of halogens is 3. The number of alkyl halides is 3. The zero-order valence-electron chi connectivity index (χ0n) is 7.16. The molecule has 0 unspecified atom stereocenters. The largest absolute Gasteiger partial charge is 0.389 e. The maximum Gasteiger partial charge on any atom is 0.389 e. The Kier molecular flexibility index (Phi) is 3.41. The van der Waals surface area contributed by atoms with Gasteiger partial charge in [-0.05, 0) is 12.3 Å². The zero-order chi connectivity index (χ0) is 9.03. The Morgan fingerprint density at radius 2 is 1.67 bits per heavy atom. The molecule has 0 aliphatic heterocycles. The molecule has 0 nitrogen and oxygen atoms in total. The van der Waals surface area contributed by atoms with Crippen LogP contribution < -0.4 is 0 Å². The predicted octanol–water partition coefficient (Wildman–Crippen LogP) is 3.91. The van der Waals surface area contributed by atoms with Gasteiger partial charge in [-0.1, -0.05) is 32.1 Å². The van der Waals surface area contributed by atoms with Crippen molar-refractivity contribution in [1.29, 1.82) is 0 Å². The average Bonchev–Trinajstić information content (AvgIpc) is 2.68. The van der Waals surface area contributed by atoms with Crippen molar-refractivity contribution in [2.75, 3.05) is 0 Å². The van der Waals surface area contributed by atoms with Gasteiger partial charge in [-0.15, -0.1) is 0 Å². The fourth-order valence-corrected chi connectivity index (χ4v) is 1.34. The molecule has 0 aromatic rings. The van der Waals surface area contributed by atoms with Gasteiger partial charge in [0.15, 0.2) is 0 Å². The topological polar surface area (TPSA) is 0 Å². The Balaban J connectivity index is 1.82. The summed E-state index contributed by atoms with van der Waals surface area (Å²) in [6, 6.07) is 0. The van der Waals surface area contributed by atoms with Gasteiger partial charge in [-0.3, -0.25) is 0 Å². The maximum absolute atomic E-state index is 11.7. The van der Waals surface area contributed by atoms with Crippen LogP contribution in [0.25, 0.3) is 0 Å². The monoisotopic (exact) mass is 180 g/mol. The molecule has 3 heteroatoms. The van der Waals surface area contributed by atoms with Crippen LogP contribution in [-0.2, 0) is 0 Å². The van der Waals surface area contributed by atoms with Crippen LogP contribution in [0.1, 0.15) is 44.9 Å². The van der Waals surface area contributed by atoms with Gasteiger partial charge in [0.05, 0.1) is 0 Å². The minimum absolute atomic E-state index is 0.316. The highest BCUT2D eigenvalue weighted by molar-refractivity contribution is 4.72. The maximum atomic E-state index is 11.7. The molecule has 0 saturated heterocycles. The van der Waals surface area contributed by atoms with E-state index in [0.717, 1.165) is 25.2 Å². The Morgan fingerprint density at radius 1 is 1.00 bits per heavy atom. The minimum atomic E-state index is -3.94. The Morgan fingerprint density at radius 3 is 2.17 bits per heavy atom. The minimum Gasteiger partial charge on any atom is -0.171 e. The molecule has 0 atom stereocenters. The summed E-state index contributed by atoms with van der Waals surface area (Å²) in [5.74, 6) is 0.857. The highest BCUT2D eigenvalue weighted by Crippen LogP contribution is 2.34. The molecule has 1 aliphatic rings. The molecule has 0 bridgehead atoms. The Bertz CT molecular complexity index is 124. The number of hydrogen-bond donors (Lipinski definition) is 0. The molecule has 1 saturated carbocycles. The average molecular weight is 180 g/mol. The van der Waals surface area contributed by atoms with Gasteiger partial charge in [-0.2, -0.15) is 13.2 Å². The first-order chi connectivity index (χ1) is 5.58. The standard InChI is InChI=1S/C9H15F3/c10-9(11,12)7-3-1-2-4-8-5-6-8/h8H,1-7H2. The molecule has 0 aromatic carbocycles. The van der Waals surface area contributed by atoms with Crippen molar-refractivity contribution in [3.63, 3.8) is 0 Å². The Hall–Kier alpha value is -0.210. The summed E-state index contributed by atoms with van der Waals surface area (Å²) in [5, 5.41) is 0. The SMILES string of the molecule is FC(F)(F)CCCCCC1CC1. The zero-order valence-corrected chi connectivity index (χ0v) is 7.16. The van der Waals surface area contributed by atoms with Crippen LogP contribution in [0.4, 0.5) is 13.2 Å². The first-order valence-electron chi connectivity index (χ1n) is 4.65. The van der Waals surface area contributed by atoms with E-state index in [1.54, 1.807) is 0 Å². The van der Waals surface area contributed by atoms with E-state index < -0.39 is 12.6 Å². The van der Waals surface area contributed by atoms with Crippen molar-refractivity contribution in [1.82, 2.24) is 0 Å². The van der Waals surface area contributed by atoms with Crippen molar-refractivity contribution < 1.29 is 13.2 Å². The third-order valence-corrected chi connectivity index (χ3v) is 2.27. The lowest BCUT2D eigenvalue weighted by molar-refractivity contribution is -0.135. The molecule has 1 rings (SSSR count). The second kappa shape index (κ2) is 4.15. The van der Waals surface area contributed by atoms with E-state index in [1.807, 2.05) is 0 Å². The molecule has 1 fully saturated rings. The second-order valence-electron chi connectivity index (χ2n) is 3.66. The van der Waals surface area contributed by atoms with Gasteiger partial charge in [0.1, 0.15) is 0 Å². The molecule has 0 radical (unpaired) electrons. The van der Waals surface area contributed by atoms with Crippen LogP contribution >= 0.6 is 0 Å². The van der Waals surface area contributed by atoms with E-state index in [1.165, 1.54) is 12.8 Å². The van der Waals surface area contributed by atoms with E-state index in [-0.39, 0.29) is 0 Å². The number of rotatable bonds is 5. The highest BCUT2D eigenvalue weighted by Gasteiger charge is 2.26.